The molecule has 37 heavy (non-hydrogen) atoms. The first-order valence-corrected chi connectivity index (χ1v) is 11.9. The molecule has 4 rings (SSSR count). The van der Waals surface area contributed by atoms with Gasteiger partial charge < -0.3 is 24.2 Å². The summed E-state index contributed by atoms with van der Waals surface area (Å²) >= 11 is 0. The van der Waals surface area contributed by atoms with Gasteiger partial charge in [-0.25, -0.2) is 0 Å². The molecule has 0 fully saturated rings. The molecule has 0 spiro atoms. The molecule has 1 N–H and O–H groups in total. The monoisotopic (exact) mass is 499 g/mol. The average molecular weight is 500 g/mol. The van der Waals surface area contributed by atoms with Crippen LogP contribution in [0.25, 0.3) is 6.08 Å². The summed E-state index contributed by atoms with van der Waals surface area (Å²) in [6.45, 7) is 0.789. The fourth-order valence-corrected chi connectivity index (χ4v) is 4.21. The number of amides is 1. The van der Waals surface area contributed by atoms with Crippen LogP contribution >= 0.6 is 0 Å². The molecule has 0 saturated carbocycles. The van der Waals surface area contributed by atoms with Gasteiger partial charge in [0.2, 0.25) is 0 Å². The lowest BCUT2D eigenvalue weighted by atomic mass is 9.95. The van der Waals surface area contributed by atoms with Crippen molar-refractivity contribution in [3.8, 4) is 11.5 Å². The van der Waals surface area contributed by atoms with Crippen LogP contribution in [0.5, 0.6) is 11.5 Å². The standard InChI is InChI=1S/C30H29NO6/c1-35-18-17-31-28(27(29(33)30(31)34)24(32)15-13-21-9-5-3-6-10-21)23-14-16-25(26(19-23)36-2)37-20-22-11-7-4-8-12-22/h3-16,19,28,33H,17-18,20H2,1-2H3/b15-13+. The highest BCUT2D eigenvalue weighted by molar-refractivity contribution is 6.14. The zero-order chi connectivity index (χ0) is 26.2. The van der Waals surface area contributed by atoms with Gasteiger partial charge >= 0.3 is 0 Å². The lowest BCUT2D eigenvalue weighted by molar-refractivity contribution is -0.130. The third-order valence-corrected chi connectivity index (χ3v) is 6.07. The number of ketones is 1. The molecule has 1 atom stereocenters. The van der Waals surface area contributed by atoms with E-state index < -0.39 is 23.5 Å². The Morgan fingerprint density at radius 1 is 0.973 bits per heavy atom. The first-order valence-electron chi connectivity index (χ1n) is 11.9. The fraction of sp³-hybridized carbons (Fsp3) is 0.200. The maximum absolute atomic E-state index is 13.3. The second-order valence-corrected chi connectivity index (χ2v) is 8.45. The van der Waals surface area contributed by atoms with Crippen LogP contribution < -0.4 is 9.47 Å². The maximum Gasteiger partial charge on any atom is 0.290 e. The summed E-state index contributed by atoms with van der Waals surface area (Å²) in [6, 6.07) is 23.5. The van der Waals surface area contributed by atoms with Gasteiger partial charge in [0.05, 0.1) is 25.3 Å². The second-order valence-electron chi connectivity index (χ2n) is 8.45. The van der Waals surface area contributed by atoms with E-state index in [2.05, 4.69) is 0 Å². The van der Waals surface area contributed by atoms with Gasteiger partial charge in [-0.3, -0.25) is 9.59 Å². The smallest absolute Gasteiger partial charge is 0.290 e. The number of hydrogen-bond donors (Lipinski definition) is 1. The highest BCUT2D eigenvalue weighted by Gasteiger charge is 2.43. The Hall–Kier alpha value is -4.36. The summed E-state index contributed by atoms with van der Waals surface area (Å²) in [5.74, 6) is -0.671. The zero-order valence-corrected chi connectivity index (χ0v) is 20.8. The molecule has 0 aromatic heterocycles. The van der Waals surface area contributed by atoms with Gasteiger partial charge in [0, 0.05) is 13.7 Å². The van der Waals surface area contributed by atoms with Crippen molar-refractivity contribution in [3.63, 3.8) is 0 Å². The number of ether oxygens (including phenoxy) is 3. The molecule has 1 aliphatic heterocycles. The van der Waals surface area contributed by atoms with Crippen molar-refractivity contribution in [3.05, 3.63) is 113 Å². The molecule has 7 heteroatoms. The Morgan fingerprint density at radius 3 is 2.35 bits per heavy atom. The predicted molar refractivity (Wildman–Crippen MR) is 140 cm³/mol. The number of aliphatic hydroxyl groups is 1. The van der Waals surface area contributed by atoms with Crippen LogP contribution in [0.1, 0.15) is 22.7 Å². The van der Waals surface area contributed by atoms with Crippen molar-refractivity contribution in [1.29, 1.82) is 0 Å². The summed E-state index contributed by atoms with van der Waals surface area (Å²) in [4.78, 5) is 27.7. The van der Waals surface area contributed by atoms with Crippen molar-refractivity contribution in [2.24, 2.45) is 0 Å². The molecule has 0 aliphatic carbocycles. The molecule has 0 bridgehead atoms. The van der Waals surface area contributed by atoms with Crippen LogP contribution in [0, 0.1) is 0 Å². The number of allylic oxidation sites excluding steroid dienone is 1. The number of hydrogen-bond acceptors (Lipinski definition) is 6. The summed E-state index contributed by atoms with van der Waals surface area (Å²) in [5, 5.41) is 10.8. The number of aliphatic hydroxyl groups excluding tert-OH is 1. The Balaban J connectivity index is 1.66. The molecular formula is C30H29NO6. The minimum Gasteiger partial charge on any atom is -0.503 e. The molecule has 1 amide bonds. The Labute approximate surface area is 216 Å². The number of benzene rings is 3. The molecule has 7 nitrogen and oxygen atoms in total. The summed E-state index contributed by atoms with van der Waals surface area (Å²) in [6.07, 6.45) is 3.03. The number of carbonyl (C=O) groups excluding carboxylic acids is 2. The van der Waals surface area contributed by atoms with Crippen molar-refractivity contribution in [2.75, 3.05) is 27.4 Å². The van der Waals surface area contributed by atoms with E-state index in [1.807, 2.05) is 60.7 Å². The Morgan fingerprint density at radius 2 is 1.68 bits per heavy atom. The first kappa shape index (κ1) is 25.7. The predicted octanol–water partition coefficient (Wildman–Crippen LogP) is 4.90. The highest BCUT2D eigenvalue weighted by atomic mass is 16.5. The molecular weight excluding hydrogens is 470 g/mol. The van der Waals surface area contributed by atoms with E-state index in [0.717, 1.165) is 11.1 Å². The van der Waals surface area contributed by atoms with E-state index in [-0.39, 0.29) is 18.7 Å². The van der Waals surface area contributed by atoms with Crippen LogP contribution in [0.15, 0.2) is 96.3 Å². The molecule has 1 aliphatic rings. The maximum atomic E-state index is 13.3. The lowest BCUT2D eigenvalue weighted by Gasteiger charge is -2.27. The van der Waals surface area contributed by atoms with Gasteiger partial charge in [-0.2, -0.15) is 0 Å². The van der Waals surface area contributed by atoms with Gasteiger partial charge in [0.15, 0.2) is 23.0 Å². The van der Waals surface area contributed by atoms with Crippen LogP contribution in [0.2, 0.25) is 0 Å². The van der Waals surface area contributed by atoms with E-state index in [9.17, 15) is 14.7 Å². The van der Waals surface area contributed by atoms with E-state index >= 15 is 0 Å². The first-order chi connectivity index (χ1) is 18.0. The summed E-state index contributed by atoms with van der Waals surface area (Å²) < 4.78 is 16.7. The van der Waals surface area contributed by atoms with Crippen molar-refractivity contribution in [1.82, 2.24) is 4.90 Å². The van der Waals surface area contributed by atoms with Crippen LogP contribution in [0.3, 0.4) is 0 Å². The number of rotatable bonds is 11. The number of nitrogens with zero attached hydrogens (tertiary/aromatic N) is 1. The van der Waals surface area contributed by atoms with Gasteiger partial charge in [-0.15, -0.1) is 0 Å². The molecule has 190 valence electrons. The second kappa shape index (κ2) is 12.1. The summed E-state index contributed by atoms with van der Waals surface area (Å²) in [5.41, 5.74) is 2.45. The highest BCUT2D eigenvalue weighted by Crippen LogP contribution is 2.41. The van der Waals surface area contributed by atoms with Gasteiger partial charge in [-0.1, -0.05) is 72.8 Å². The van der Waals surface area contributed by atoms with E-state index in [4.69, 9.17) is 14.2 Å². The fourth-order valence-electron chi connectivity index (χ4n) is 4.21. The van der Waals surface area contributed by atoms with Crippen LogP contribution in [-0.4, -0.2) is 49.1 Å². The Bertz CT molecular complexity index is 1300. The lowest BCUT2D eigenvalue weighted by Crippen LogP contribution is -2.33. The summed E-state index contributed by atoms with van der Waals surface area (Å²) in [7, 11) is 3.05. The molecule has 3 aromatic carbocycles. The SMILES string of the molecule is COCCN1C(=O)C(O)=C(C(=O)/C=C/c2ccccc2)C1c1ccc(OCc2ccccc2)c(OC)c1. The quantitative estimate of drug-likeness (QED) is 0.378. The molecule has 3 aromatic rings. The largest absolute Gasteiger partial charge is 0.503 e. The van der Waals surface area contributed by atoms with E-state index in [1.165, 1.54) is 25.2 Å². The van der Waals surface area contributed by atoms with Gasteiger partial charge in [0.1, 0.15) is 6.61 Å². The van der Waals surface area contributed by atoms with Crippen molar-refractivity contribution < 1.29 is 28.9 Å². The molecule has 0 saturated heterocycles. The van der Waals surface area contributed by atoms with E-state index in [0.29, 0.717) is 23.7 Å². The van der Waals surface area contributed by atoms with Gasteiger partial charge in [-0.05, 0) is 34.9 Å². The molecule has 1 unspecified atom stereocenters. The molecule has 1 heterocycles. The zero-order valence-electron chi connectivity index (χ0n) is 20.8. The molecule has 0 radical (unpaired) electrons. The van der Waals surface area contributed by atoms with Gasteiger partial charge in [0.25, 0.3) is 5.91 Å². The average Bonchev–Trinajstić information content (AvgIpc) is 3.19. The number of carbonyl (C=O) groups is 2. The normalized spacial score (nSPS) is 15.5. The number of methoxy groups -OCH3 is 2. The third-order valence-electron chi connectivity index (χ3n) is 6.07. The minimum atomic E-state index is -0.812. The van der Waals surface area contributed by atoms with Crippen molar-refractivity contribution >= 4 is 17.8 Å². The van der Waals surface area contributed by atoms with E-state index in [1.54, 1.807) is 24.3 Å². The van der Waals surface area contributed by atoms with Crippen LogP contribution in [0.4, 0.5) is 0 Å². The minimum absolute atomic E-state index is 0.00768. The van der Waals surface area contributed by atoms with Crippen molar-refractivity contribution in [2.45, 2.75) is 12.6 Å². The third kappa shape index (κ3) is 5.90. The Kier molecular flexibility index (Phi) is 8.38. The van der Waals surface area contributed by atoms with Crippen LogP contribution in [-0.2, 0) is 20.9 Å². The topological polar surface area (TPSA) is 85.3 Å².